The van der Waals surface area contributed by atoms with Crippen LogP contribution in [0.1, 0.15) is 24.2 Å². The Kier molecular flexibility index (Phi) is 6.00. The summed E-state index contributed by atoms with van der Waals surface area (Å²) < 4.78 is -1.70. The van der Waals surface area contributed by atoms with Crippen LogP contribution in [-0.2, 0) is 3.79 Å². The molecule has 1 aromatic heterocycles. The largest absolute Gasteiger partial charge is 0.353 e. The molecule has 0 amide bonds. The third kappa shape index (κ3) is 5.17. The zero-order valence-corrected chi connectivity index (χ0v) is 16.2. The average molecular weight is 401 g/mol. The summed E-state index contributed by atoms with van der Waals surface area (Å²) in [6, 6.07) is 7.88. The van der Waals surface area contributed by atoms with E-state index in [0.29, 0.717) is 11.8 Å². The standard InChI is InChI=1S/C17H20Cl3N5/c1-12-4-6-13(7-5-12)14-22-15(17(18,19)20)24-16(23-14)21-8-11-25-9-2-3-10-25/h4-7H,2-3,8-11H2,1H3,(H,21,22,23,24). The minimum atomic E-state index is -1.70. The summed E-state index contributed by atoms with van der Waals surface area (Å²) in [4.78, 5) is 15.5. The Balaban J connectivity index is 1.80. The molecule has 2 heterocycles. The molecule has 1 N–H and O–H groups in total. The van der Waals surface area contributed by atoms with Crippen LogP contribution in [-0.4, -0.2) is 46.0 Å². The predicted molar refractivity (Wildman–Crippen MR) is 103 cm³/mol. The minimum Gasteiger partial charge on any atom is -0.353 e. The molecule has 1 aromatic carbocycles. The van der Waals surface area contributed by atoms with Crippen molar-refractivity contribution in [3.05, 3.63) is 35.7 Å². The number of hydrogen-bond acceptors (Lipinski definition) is 5. The van der Waals surface area contributed by atoms with Crippen LogP contribution in [0.2, 0.25) is 0 Å². The molecule has 0 saturated carbocycles. The fourth-order valence-corrected chi connectivity index (χ4v) is 3.00. The summed E-state index contributed by atoms with van der Waals surface area (Å²) in [5.41, 5.74) is 2.01. The quantitative estimate of drug-likeness (QED) is 0.763. The Hall–Kier alpha value is -1.14. The van der Waals surface area contributed by atoms with Gasteiger partial charge in [0.25, 0.3) is 0 Å². The Labute approximate surface area is 162 Å². The first-order valence-corrected chi connectivity index (χ1v) is 9.42. The van der Waals surface area contributed by atoms with Gasteiger partial charge in [-0.05, 0) is 32.9 Å². The highest BCUT2D eigenvalue weighted by Crippen LogP contribution is 2.36. The summed E-state index contributed by atoms with van der Waals surface area (Å²) >= 11 is 18.0. The van der Waals surface area contributed by atoms with Crippen LogP contribution in [0.15, 0.2) is 24.3 Å². The number of anilines is 1. The number of nitrogens with one attached hydrogen (secondary N) is 1. The fraction of sp³-hybridized carbons (Fsp3) is 0.471. The van der Waals surface area contributed by atoms with Gasteiger partial charge < -0.3 is 10.2 Å². The second kappa shape index (κ2) is 8.04. The van der Waals surface area contributed by atoms with Crippen molar-refractivity contribution in [1.29, 1.82) is 0 Å². The van der Waals surface area contributed by atoms with Crippen LogP contribution in [0.5, 0.6) is 0 Å². The van der Waals surface area contributed by atoms with Crippen LogP contribution < -0.4 is 5.32 Å². The van der Waals surface area contributed by atoms with E-state index in [0.717, 1.165) is 37.3 Å². The molecule has 0 unspecified atom stereocenters. The summed E-state index contributed by atoms with van der Waals surface area (Å²) in [6.45, 7) is 5.99. The maximum Gasteiger partial charge on any atom is 0.250 e. The van der Waals surface area contributed by atoms with Gasteiger partial charge in [0.2, 0.25) is 9.74 Å². The molecule has 1 aliphatic rings. The molecule has 0 atom stereocenters. The van der Waals surface area contributed by atoms with E-state index in [9.17, 15) is 0 Å². The minimum absolute atomic E-state index is 0.117. The summed E-state index contributed by atoms with van der Waals surface area (Å²) in [5, 5.41) is 3.23. The number of aryl methyl sites for hydroxylation is 1. The summed E-state index contributed by atoms with van der Waals surface area (Å²) in [5.74, 6) is 1.03. The third-order valence-corrected chi connectivity index (χ3v) is 4.62. The first kappa shape index (κ1) is 18.6. The van der Waals surface area contributed by atoms with Crippen molar-refractivity contribution in [1.82, 2.24) is 19.9 Å². The maximum absolute atomic E-state index is 5.99. The Morgan fingerprint density at radius 1 is 1.04 bits per heavy atom. The van der Waals surface area contributed by atoms with Gasteiger partial charge in [-0.15, -0.1) is 0 Å². The molecule has 1 aliphatic heterocycles. The zero-order valence-electron chi connectivity index (χ0n) is 14.0. The molecule has 5 nitrogen and oxygen atoms in total. The lowest BCUT2D eigenvalue weighted by atomic mass is 10.1. The monoisotopic (exact) mass is 399 g/mol. The molecule has 134 valence electrons. The van der Waals surface area contributed by atoms with Crippen LogP contribution >= 0.6 is 34.8 Å². The maximum atomic E-state index is 5.99. The van der Waals surface area contributed by atoms with Gasteiger partial charge in [0.15, 0.2) is 11.6 Å². The van der Waals surface area contributed by atoms with Crippen molar-refractivity contribution in [2.75, 3.05) is 31.5 Å². The molecular weight excluding hydrogens is 381 g/mol. The highest BCUT2D eigenvalue weighted by Gasteiger charge is 2.28. The van der Waals surface area contributed by atoms with Gasteiger partial charge in [0.05, 0.1) is 0 Å². The van der Waals surface area contributed by atoms with Crippen molar-refractivity contribution in [3.8, 4) is 11.4 Å². The molecule has 0 radical (unpaired) electrons. The molecule has 1 saturated heterocycles. The highest BCUT2D eigenvalue weighted by molar-refractivity contribution is 6.66. The van der Waals surface area contributed by atoms with Crippen LogP contribution in [0.4, 0.5) is 5.95 Å². The van der Waals surface area contributed by atoms with Gasteiger partial charge in [-0.2, -0.15) is 9.97 Å². The van der Waals surface area contributed by atoms with Crippen molar-refractivity contribution >= 4 is 40.8 Å². The van der Waals surface area contributed by atoms with Crippen molar-refractivity contribution in [2.24, 2.45) is 0 Å². The lowest BCUT2D eigenvalue weighted by Crippen LogP contribution is -2.26. The van der Waals surface area contributed by atoms with E-state index < -0.39 is 3.79 Å². The van der Waals surface area contributed by atoms with E-state index in [1.54, 1.807) is 0 Å². The number of aromatic nitrogens is 3. The molecule has 0 bridgehead atoms. The Bertz CT molecular complexity index is 709. The third-order valence-electron chi connectivity index (χ3n) is 4.11. The van der Waals surface area contributed by atoms with E-state index in [-0.39, 0.29) is 5.82 Å². The fourth-order valence-electron chi connectivity index (χ4n) is 2.75. The Morgan fingerprint density at radius 2 is 1.72 bits per heavy atom. The van der Waals surface area contributed by atoms with Gasteiger partial charge in [0, 0.05) is 18.7 Å². The molecular formula is C17H20Cl3N5. The number of benzene rings is 1. The molecule has 1 fully saturated rings. The Morgan fingerprint density at radius 3 is 2.36 bits per heavy atom. The van der Waals surface area contributed by atoms with Gasteiger partial charge in [-0.25, -0.2) is 4.98 Å². The normalized spacial score (nSPS) is 15.5. The smallest absolute Gasteiger partial charge is 0.250 e. The van der Waals surface area contributed by atoms with Gasteiger partial charge in [0.1, 0.15) is 0 Å². The number of halogens is 3. The zero-order chi connectivity index (χ0) is 17.9. The molecule has 2 aromatic rings. The van der Waals surface area contributed by atoms with Gasteiger partial charge in [-0.3, -0.25) is 0 Å². The molecule has 8 heteroatoms. The molecule has 0 spiro atoms. The average Bonchev–Trinajstić information content (AvgIpc) is 3.08. The van der Waals surface area contributed by atoms with Crippen molar-refractivity contribution < 1.29 is 0 Å². The second-order valence-corrected chi connectivity index (χ2v) is 8.43. The number of likely N-dealkylation sites (tertiary alicyclic amines) is 1. The summed E-state index contributed by atoms with van der Waals surface area (Å²) in [7, 11) is 0. The number of nitrogens with zero attached hydrogens (tertiary/aromatic N) is 4. The number of alkyl halides is 3. The molecule has 0 aliphatic carbocycles. The van der Waals surface area contributed by atoms with Crippen LogP contribution in [0, 0.1) is 6.92 Å². The second-order valence-electron chi connectivity index (χ2n) is 6.15. The SMILES string of the molecule is Cc1ccc(-c2nc(NCCN3CCCC3)nc(C(Cl)(Cl)Cl)n2)cc1. The molecule has 3 rings (SSSR count). The first-order chi connectivity index (χ1) is 11.9. The topological polar surface area (TPSA) is 53.9 Å². The molecule has 25 heavy (non-hydrogen) atoms. The predicted octanol–water partition coefficient (Wildman–Crippen LogP) is 4.18. The number of rotatable bonds is 5. The van der Waals surface area contributed by atoms with Gasteiger partial charge in [-0.1, -0.05) is 64.6 Å². The highest BCUT2D eigenvalue weighted by atomic mass is 35.6. The van der Waals surface area contributed by atoms with Gasteiger partial charge >= 0.3 is 0 Å². The number of hydrogen-bond donors (Lipinski definition) is 1. The van der Waals surface area contributed by atoms with Crippen molar-refractivity contribution in [2.45, 2.75) is 23.6 Å². The van der Waals surface area contributed by atoms with Crippen LogP contribution in [0.3, 0.4) is 0 Å². The lowest BCUT2D eigenvalue weighted by molar-refractivity contribution is 0.352. The van der Waals surface area contributed by atoms with Crippen LogP contribution in [0.25, 0.3) is 11.4 Å². The van der Waals surface area contributed by atoms with E-state index in [1.165, 1.54) is 12.8 Å². The lowest BCUT2D eigenvalue weighted by Gasteiger charge is -2.16. The summed E-state index contributed by atoms with van der Waals surface area (Å²) in [6.07, 6.45) is 2.53. The van der Waals surface area contributed by atoms with E-state index in [2.05, 4.69) is 25.2 Å². The van der Waals surface area contributed by atoms with E-state index >= 15 is 0 Å². The van der Waals surface area contributed by atoms with Crippen molar-refractivity contribution in [3.63, 3.8) is 0 Å². The van der Waals surface area contributed by atoms with E-state index in [4.69, 9.17) is 34.8 Å². The van der Waals surface area contributed by atoms with E-state index in [1.807, 2.05) is 31.2 Å². The first-order valence-electron chi connectivity index (χ1n) is 8.28.